The molecule has 1 rings (SSSR count). The molecule has 0 aliphatic heterocycles. The quantitative estimate of drug-likeness (QED) is 0.684. The third-order valence-corrected chi connectivity index (χ3v) is 2.94. The van der Waals surface area contributed by atoms with E-state index in [4.69, 9.17) is 16.7 Å². The van der Waals surface area contributed by atoms with Gasteiger partial charge in [0, 0.05) is 11.4 Å². The molecule has 0 radical (unpaired) electrons. The van der Waals surface area contributed by atoms with Crippen molar-refractivity contribution < 1.29 is 19.5 Å². The highest BCUT2D eigenvalue weighted by Gasteiger charge is 2.03. The number of carboxylic acid groups (broad SMARTS) is 1. The highest BCUT2D eigenvalue weighted by molar-refractivity contribution is 7.16. The number of carbonyl (C=O) groups is 2. The summed E-state index contributed by atoms with van der Waals surface area (Å²) in [5.74, 6) is -1.15. The zero-order valence-corrected chi connectivity index (χ0v) is 10.3. The predicted molar refractivity (Wildman–Crippen MR) is 63.2 cm³/mol. The van der Waals surface area contributed by atoms with Crippen LogP contribution in [0.4, 0.5) is 4.79 Å². The summed E-state index contributed by atoms with van der Waals surface area (Å²) in [6, 6.07) is 3.10. The lowest BCUT2D eigenvalue weighted by Gasteiger charge is -2.05. The van der Waals surface area contributed by atoms with Crippen molar-refractivity contribution in [1.82, 2.24) is 10.8 Å². The Morgan fingerprint density at radius 1 is 1.47 bits per heavy atom. The van der Waals surface area contributed by atoms with E-state index in [1.807, 2.05) is 11.5 Å². The van der Waals surface area contributed by atoms with E-state index in [1.54, 1.807) is 6.07 Å². The average molecular weight is 279 g/mol. The van der Waals surface area contributed by atoms with Crippen LogP contribution in [0.5, 0.6) is 0 Å². The van der Waals surface area contributed by atoms with Crippen molar-refractivity contribution in [2.24, 2.45) is 0 Å². The first-order valence-corrected chi connectivity index (χ1v) is 5.89. The van der Waals surface area contributed by atoms with Crippen LogP contribution in [0.3, 0.4) is 0 Å². The van der Waals surface area contributed by atoms with E-state index in [0.717, 1.165) is 4.88 Å². The van der Waals surface area contributed by atoms with Gasteiger partial charge in [-0.2, -0.15) is 0 Å². The summed E-state index contributed by atoms with van der Waals surface area (Å²) in [6.45, 7) is -0.160. The smallest absolute Gasteiger partial charge is 0.338 e. The van der Waals surface area contributed by atoms with Crippen molar-refractivity contribution in [1.29, 1.82) is 0 Å². The van der Waals surface area contributed by atoms with Gasteiger partial charge in [0.2, 0.25) is 0 Å². The molecular formula is C9H11ClN2O4S. The van der Waals surface area contributed by atoms with Crippen molar-refractivity contribution in [3.63, 3.8) is 0 Å². The van der Waals surface area contributed by atoms with Crippen LogP contribution in [-0.4, -0.2) is 30.3 Å². The van der Waals surface area contributed by atoms with Crippen LogP contribution in [0.15, 0.2) is 12.1 Å². The van der Waals surface area contributed by atoms with E-state index < -0.39 is 18.6 Å². The molecule has 0 bridgehead atoms. The third kappa shape index (κ3) is 6.10. The molecule has 2 amide bonds. The monoisotopic (exact) mass is 278 g/mol. The van der Waals surface area contributed by atoms with Crippen molar-refractivity contribution in [2.45, 2.75) is 6.42 Å². The molecular weight excluding hydrogens is 268 g/mol. The Bertz CT molecular complexity index is 396. The molecule has 0 atom stereocenters. The van der Waals surface area contributed by atoms with Crippen LogP contribution in [0.2, 0.25) is 4.34 Å². The van der Waals surface area contributed by atoms with Gasteiger partial charge in [-0.05, 0) is 18.6 Å². The molecule has 17 heavy (non-hydrogen) atoms. The van der Waals surface area contributed by atoms with Crippen molar-refractivity contribution in [2.75, 3.05) is 13.2 Å². The van der Waals surface area contributed by atoms with E-state index in [-0.39, 0.29) is 0 Å². The molecule has 1 aromatic heterocycles. The fourth-order valence-corrected chi connectivity index (χ4v) is 2.07. The maximum atomic E-state index is 11.1. The topological polar surface area (TPSA) is 87.7 Å². The zero-order chi connectivity index (χ0) is 12.7. The first kappa shape index (κ1) is 13.8. The summed E-state index contributed by atoms with van der Waals surface area (Å²) in [4.78, 5) is 26.6. The molecule has 6 nitrogen and oxygen atoms in total. The number of rotatable bonds is 6. The maximum Gasteiger partial charge on any atom is 0.338 e. The summed E-state index contributed by atoms with van der Waals surface area (Å²) >= 11 is 7.19. The van der Waals surface area contributed by atoms with Gasteiger partial charge in [0.25, 0.3) is 0 Å². The standard InChI is InChI=1S/C9H11ClN2O4S/c10-7-2-1-6(17-7)3-4-11-9(15)12-16-5-8(13)14/h1-2H,3-5H2,(H,13,14)(H2,11,12,15). The SMILES string of the molecule is O=C(O)CONC(=O)NCCc1ccc(Cl)s1. The lowest BCUT2D eigenvalue weighted by Crippen LogP contribution is -2.37. The number of hydrogen-bond acceptors (Lipinski definition) is 4. The van der Waals surface area contributed by atoms with Crippen LogP contribution in [0.25, 0.3) is 0 Å². The van der Waals surface area contributed by atoms with Gasteiger partial charge >= 0.3 is 12.0 Å². The summed E-state index contributed by atoms with van der Waals surface area (Å²) in [6.07, 6.45) is 0.656. The number of carboxylic acids is 1. The predicted octanol–water partition coefficient (Wildman–Crippen LogP) is 1.26. The Hall–Kier alpha value is -1.31. The van der Waals surface area contributed by atoms with Crippen LogP contribution in [0, 0.1) is 0 Å². The third-order valence-electron chi connectivity index (χ3n) is 1.65. The summed E-state index contributed by atoms with van der Waals surface area (Å²) in [5.41, 5.74) is 1.95. The minimum atomic E-state index is -1.15. The molecule has 0 fully saturated rings. The molecule has 1 aromatic rings. The minimum absolute atomic E-state index is 0.416. The minimum Gasteiger partial charge on any atom is -0.479 e. The molecule has 3 N–H and O–H groups in total. The van der Waals surface area contributed by atoms with Gasteiger partial charge in [-0.3, -0.25) is 4.84 Å². The highest BCUT2D eigenvalue weighted by Crippen LogP contribution is 2.21. The largest absolute Gasteiger partial charge is 0.479 e. The molecule has 0 unspecified atom stereocenters. The summed E-state index contributed by atoms with van der Waals surface area (Å²) in [7, 11) is 0. The molecule has 8 heteroatoms. The van der Waals surface area contributed by atoms with Gasteiger partial charge in [0.15, 0.2) is 6.61 Å². The number of thiophene rings is 1. The molecule has 1 heterocycles. The Morgan fingerprint density at radius 3 is 2.82 bits per heavy atom. The Kier molecular flexibility index (Phi) is 5.75. The summed E-state index contributed by atoms with van der Waals surface area (Å²) in [5, 5.41) is 10.8. The molecule has 0 saturated carbocycles. The number of halogens is 1. The average Bonchev–Trinajstić information content (AvgIpc) is 2.63. The molecule has 0 spiro atoms. The van der Waals surface area contributed by atoms with Crippen LogP contribution in [-0.2, 0) is 16.1 Å². The van der Waals surface area contributed by atoms with E-state index in [1.165, 1.54) is 11.3 Å². The van der Waals surface area contributed by atoms with Crippen molar-refractivity contribution in [3.8, 4) is 0 Å². The van der Waals surface area contributed by atoms with E-state index in [2.05, 4.69) is 10.2 Å². The number of aliphatic carboxylic acids is 1. The van der Waals surface area contributed by atoms with Gasteiger partial charge in [0.1, 0.15) is 0 Å². The lowest BCUT2D eigenvalue weighted by molar-refractivity contribution is -0.144. The van der Waals surface area contributed by atoms with Crippen LogP contribution in [0.1, 0.15) is 4.88 Å². The van der Waals surface area contributed by atoms with Crippen molar-refractivity contribution in [3.05, 3.63) is 21.3 Å². The number of amides is 2. The Balaban J connectivity index is 2.10. The summed E-state index contributed by atoms with van der Waals surface area (Å²) < 4.78 is 0.703. The van der Waals surface area contributed by atoms with Gasteiger partial charge in [0.05, 0.1) is 4.34 Å². The molecule has 94 valence electrons. The molecule has 0 aliphatic carbocycles. The second-order valence-corrected chi connectivity index (χ2v) is 4.80. The second-order valence-electron chi connectivity index (χ2n) is 3.00. The van der Waals surface area contributed by atoms with Crippen LogP contribution < -0.4 is 10.8 Å². The highest BCUT2D eigenvalue weighted by atomic mass is 35.5. The van der Waals surface area contributed by atoms with Gasteiger partial charge < -0.3 is 10.4 Å². The number of hydrogen-bond donors (Lipinski definition) is 3. The van der Waals surface area contributed by atoms with E-state index >= 15 is 0 Å². The van der Waals surface area contributed by atoms with Gasteiger partial charge in [-0.25, -0.2) is 15.1 Å². The number of carbonyl (C=O) groups excluding carboxylic acids is 1. The van der Waals surface area contributed by atoms with Crippen molar-refractivity contribution >= 4 is 34.9 Å². The first-order chi connectivity index (χ1) is 8.08. The zero-order valence-electron chi connectivity index (χ0n) is 8.73. The Labute approximate surface area is 106 Å². The molecule has 0 saturated heterocycles. The van der Waals surface area contributed by atoms with Gasteiger partial charge in [-0.1, -0.05) is 11.6 Å². The van der Waals surface area contributed by atoms with Crippen LogP contribution >= 0.6 is 22.9 Å². The lowest BCUT2D eigenvalue weighted by atomic mass is 10.3. The fourth-order valence-electron chi connectivity index (χ4n) is 0.985. The van der Waals surface area contributed by atoms with E-state index in [0.29, 0.717) is 17.3 Å². The maximum absolute atomic E-state index is 11.1. The number of hydroxylamine groups is 1. The second kappa shape index (κ2) is 7.10. The normalized spacial score (nSPS) is 9.94. The first-order valence-electron chi connectivity index (χ1n) is 4.69. The molecule has 0 aromatic carbocycles. The van der Waals surface area contributed by atoms with Gasteiger partial charge in [-0.15, -0.1) is 11.3 Å². The number of urea groups is 1. The fraction of sp³-hybridized carbons (Fsp3) is 0.333. The molecule has 0 aliphatic rings. The van der Waals surface area contributed by atoms with E-state index in [9.17, 15) is 9.59 Å². The number of nitrogens with one attached hydrogen (secondary N) is 2. The Morgan fingerprint density at radius 2 is 2.24 bits per heavy atom.